The van der Waals surface area contributed by atoms with E-state index >= 15 is 0 Å². The van der Waals surface area contributed by atoms with Gasteiger partial charge in [-0.25, -0.2) is 0 Å². The molecule has 1 atom stereocenters. The van der Waals surface area contributed by atoms with E-state index in [1.807, 2.05) is 6.92 Å². The van der Waals surface area contributed by atoms with Crippen LogP contribution >= 0.6 is 0 Å². The predicted octanol–water partition coefficient (Wildman–Crippen LogP) is 3.21. The first kappa shape index (κ1) is 15.7. The van der Waals surface area contributed by atoms with Gasteiger partial charge >= 0.3 is 5.97 Å². The Kier molecular flexibility index (Phi) is 7.19. The van der Waals surface area contributed by atoms with Crippen molar-refractivity contribution in [3.63, 3.8) is 0 Å². The largest absolute Gasteiger partial charge is 0.464 e. The lowest BCUT2D eigenvalue weighted by Gasteiger charge is -2.17. The lowest BCUT2D eigenvalue weighted by molar-refractivity contribution is -0.144. The van der Waals surface area contributed by atoms with Gasteiger partial charge in [0.05, 0.1) is 0 Å². The first-order chi connectivity index (χ1) is 9.15. The lowest BCUT2D eigenvalue weighted by atomic mass is 10.1. The zero-order chi connectivity index (χ0) is 14.1. The van der Waals surface area contributed by atoms with Crippen LogP contribution in [0.4, 0.5) is 0 Å². The van der Waals surface area contributed by atoms with Crippen LogP contribution in [0.15, 0.2) is 24.3 Å². The van der Waals surface area contributed by atoms with E-state index in [1.165, 1.54) is 11.1 Å². The maximum atomic E-state index is 11.3. The SMILES string of the molecule is CCCC(=O)OCC(CC)NCc1ccc(C)cc1. The Morgan fingerprint density at radius 1 is 1.26 bits per heavy atom. The molecule has 0 saturated carbocycles. The number of hydrogen-bond acceptors (Lipinski definition) is 3. The topological polar surface area (TPSA) is 38.3 Å². The van der Waals surface area contributed by atoms with E-state index < -0.39 is 0 Å². The van der Waals surface area contributed by atoms with Crippen molar-refractivity contribution in [2.24, 2.45) is 0 Å². The molecule has 1 rings (SSSR count). The first-order valence-corrected chi connectivity index (χ1v) is 7.10. The summed E-state index contributed by atoms with van der Waals surface area (Å²) in [4.78, 5) is 11.3. The summed E-state index contributed by atoms with van der Waals surface area (Å²) in [7, 11) is 0. The molecule has 0 aliphatic carbocycles. The van der Waals surface area contributed by atoms with E-state index in [-0.39, 0.29) is 12.0 Å². The van der Waals surface area contributed by atoms with Gasteiger partial charge in [-0.15, -0.1) is 0 Å². The highest BCUT2D eigenvalue weighted by atomic mass is 16.5. The van der Waals surface area contributed by atoms with Crippen LogP contribution in [0.1, 0.15) is 44.2 Å². The highest BCUT2D eigenvalue weighted by molar-refractivity contribution is 5.69. The van der Waals surface area contributed by atoms with Gasteiger partial charge in [0.1, 0.15) is 6.61 Å². The highest BCUT2D eigenvalue weighted by Crippen LogP contribution is 2.04. The average molecular weight is 263 g/mol. The van der Waals surface area contributed by atoms with E-state index in [9.17, 15) is 4.79 Å². The summed E-state index contributed by atoms with van der Waals surface area (Å²) in [6.45, 7) is 7.43. The Bertz CT molecular complexity index is 373. The molecule has 1 aromatic rings. The molecule has 0 saturated heterocycles. The van der Waals surface area contributed by atoms with E-state index in [4.69, 9.17) is 4.74 Å². The van der Waals surface area contributed by atoms with Crippen molar-refractivity contribution in [2.75, 3.05) is 6.61 Å². The van der Waals surface area contributed by atoms with Crippen LogP contribution in [0.25, 0.3) is 0 Å². The molecule has 0 aromatic heterocycles. The number of ether oxygens (including phenoxy) is 1. The van der Waals surface area contributed by atoms with Gasteiger partial charge in [-0.05, 0) is 25.3 Å². The summed E-state index contributed by atoms with van der Waals surface area (Å²) < 4.78 is 5.24. The zero-order valence-corrected chi connectivity index (χ0v) is 12.2. The van der Waals surface area contributed by atoms with Gasteiger partial charge in [-0.1, -0.05) is 43.7 Å². The van der Waals surface area contributed by atoms with Gasteiger partial charge in [0.2, 0.25) is 0 Å². The van der Waals surface area contributed by atoms with Gasteiger partial charge in [-0.2, -0.15) is 0 Å². The van der Waals surface area contributed by atoms with Crippen LogP contribution in [0.2, 0.25) is 0 Å². The summed E-state index contributed by atoms with van der Waals surface area (Å²) in [6, 6.07) is 8.69. The van der Waals surface area contributed by atoms with Crippen LogP contribution in [0.3, 0.4) is 0 Å². The molecule has 1 unspecified atom stereocenters. The van der Waals surface area contributed by atoms with Crippen molar-refractivity contribution in [1.29, 1.82) is 0 Å². The second kappa shape index (κ2) is 8.70. The fraction of sp³-hybridized carbons (Fsp3) is 0.562. The first-order valence-electron chi connectivity index (χ1n) is 7.10. The van der Waals surface area contributed by atoms with Gasteiger partial charge < -0.3 is 10.1 Å². The maximum absolute atomic E-state index is 11.3. The number of nitrogens with one attached hydrogen (secondary N) is 1. The molecular weight excluding hydrogens is 238 g/mol. The fourth-order valence-corrected chi connectivity index (χ4v) is 1.76. The van der Waals surface area contributed by atoms with Crippen molar-refractivity contribution in [2.45, 2.75) is 52.6 Å². The third-order valence-corrected chi connectivity index (χ3v) is 3.11. The van der Waals surface area contributed by atoms with Gasteiger partial charge in [0.15, 0.2) is 0 Å². The molecule has 1 aromatic carbocycles. The van der Waals surface area contributed by atoms with Crippen LogP contribution in [-0.2, 0) is 16.1 Å². The van der Waals surface area contributed by atoms with Crippen LogP contribution in [-0.4, -0.2) is 18.6 Å². The second-order valence-electron chi connectivity index (χ2n) is 4.90. The van der Waals surface area contributed by atoms with E-state index in [0.29, 0.717) is 13.0 Å². The molecule has 106 valence electrons. The fourth-order valence-electron chi connectivity index (χ4n) is 1.76. The van der Waals surface area contributed by atoms with E-state index in [2.05, 4.69) is 43.4 Å². The molecule has 19 heavy (non-hydrogen) atoms. The minimum Gasteiger partial charge on any atom is -0.464 e. The third-order valence-electron chi connectivity index (χ3n) is 3.11. The van der Waals surface area contributed by atoms with Crippen LogP contribution < -0.4 is 5.32 Å². The molecule has 3 heteroatoms. The molecule has 0 radical (unpaired) electrons. The molecule has 0 aliphatic heterocycles. The second-order valence-corrected chi connectivity index (χ2v) is 4.90. The van der Waals surface area contributed by atoms with Crippen molar-refractivity contribution in [1.82, 2.24) is 5.32 Å². The van der Waals surface area contributed by atoms with Crippen molar-refractivity contribution in [3.05, 3.63) is 35.4 Å². The highest BCUT2D eigenvalue weighted by Gasteiger charge is 2.09. The standard InChI is InChI=1S/C16H25NO2/c1-4-6-16(18)19-12-15(5-2)17-11-14-9-7-13(3)8-10-14/h7-10,15,17H,4-6,11-12H2,1-3H3. The Labute approximate surface area is 116 Å². The summed E-state index contributed by atoms with van der Waals surface area (Å²) in [5.74, 6) is -0.0990. The Morgan fingerprint density at radius 2 is 1.95 bits per heavy atom. The van der Waals surface area contributed by atoms with Crippen molar-refractivity contribution >= 4 is 5.97 Å². The number of hydrogen-bond donors (Lipinski definition) is 1. The lowest BCUT2D eigenvalue weighted by Crippen LogP contribution is -2.33. The molecule has 1 N–H and O–H groups in total. The monoisotopic (exact) mass is 263 g/mol. The van der Waals surface area contributed by atoms with Crippen LogP contribution in [0.5, 0.6) is 0 Å². The molecule has 0 spiro atoms. The number of carbonyl (C=O) groups is 1. The summed E-state index contributed by atoms with van der Waals surface area (Å²) in [6.07, 6.45) is 2.30. The normalized spacial score (nSPS) is 12.2. The summed E-state index contributed by atoms with van der Waals surface area (Å²) >= 11 is 0. The maximum Gasteiger partial charge on any atom is 0.305 e. The van der Waals surface area contributed by atoms with E-state index in [1.54, 1.807) is 0 Å². The number of benzene rings is 1. The smallest absolute Gasteiger partial charge is 0.305 e. The minimum absolute atomic E-state index is 0.0990. The van der Waals surface area contributed by atoms with Gasteiger partial charge in [0, 0.05) is 19.0 Å². The van der Waals surface area contributed by atoms with Crippen molar-refractivity contribution in [3.8, 4) is 0 Å². The number of carbonyl (C=O) groups excluding carboxylic acids is 1. The number of esters is 1. The van der Waals surface area contributed by atoms with Gasteiger partial charge in [0.25, 0.3) is 0 Å². The molecule has 0 amide bonds. The zero-order valence-electron chi connectivity index (χ0n) is 12.2. The molecule has 0 fully saturated rings. The Balaban J connectivity index is 2.32. The Morgan fingerprint density at radius 3 is 2.53 bits per heavy atom. The summed E-state index contributed by atoms with van der Waals surface area (Å²) in [5, 5.41) is 3.43. The van der Waals surface area contributed by atoms with Crippen LogP contribution in [0, 0.1) is 6.92 Å². The molecule has 0 bridgehead atoms. The third kappa shape index (κ3) is 6.39. The predicted molar refractivity (Wildman–Crippen MR) is 78.0 cm³/mol. The summed E-state index contributed by atoms with van der Waals surface area (Å²) in [5.41, 5.74) is 2.52. The average Bonchev–Trinajstić information content (AvgIpc) is 2.41. The van der Waals surface area contributed by atoms with Crippen molar-refractivity contribution < 1.29 is 9.53 Å². The number of aryl methyl sites for hydroxylation is 1. The van der Waals surface area contributed by atoms with E-state index in [0.717, 1.165) is 19.4 Å². The minimum atomic E-state index is -0.0990. The molecule has 3 nitrogen and oxygen atoms in total. The van der Waals surface area contributed by atoms with Gasteiger partial charge in [-0.3, -0.25) is 4.79 Å². The Hall–Kier alpha value is -1.35. The molecule has 0 heterocycles. The molecule has 0 aliphatic rings. The number of rotatable bonds is 8. The molecular formula is C16H25NO2. The quantitative estimate of drug-likeness (QED) is 0.732.